The van der Waals surface area contributed by atoms with Gasteiger partial charge in [0.15, 0.2) is 11.4 Å². The smallest absolute Gasteiger partial charge is 0.176 e. The summed E-state index contributed by atoms with van der Waals surface area (Å²) in [6.07, 6.45) is 1.68. The van der Waals surface area contributed by atoms with E-state index in [2.05, 4.69) is 10.1 Å². The van der Waals surface area contributed by atoms with Crippen LogP contribution in [0.4, 0.5) is 5.82 Å². The summed E-state index contributed by atoms with van der Waals surface area (Å²) >= 11 is 0. The lowest BCUT2D eigenvalue weighted by Crippen LogP contribution is -1.85. The Hall–Kier alpha value is -2.36. The molecule has 0 spiro atoms. The first kappa shape index (κ1) is 8.91. The van der Waals surface area contributed by atoms with Crippen molar-refractivity contribution in [2.24, 2.45) is 0 Å². The molecular formula is C12H9N3O. The van der Waals surface area contributed by atoms with Crippen LogP contribution in [0.5, 0.6) is 0 Å². The molecule has 0 atom stereocenters. The summed E-state index contributed by atoms with van der Waals surface area (Å²) in [5.41, 5.74) is 8.17. The van der Waals surface area contributed by atoms with Gasteiger partial charge in [-0.25, -0.2) is 0 Å². The van der Waals surface area contributed by atoms with E-state index in [-0.39, 0.29) is 0 Å². The fourth-order valence-corrected chi connectivity index (χ4v) is 1.62. The number of nitrogen functional groups attached to an aromatic ring is 1. The maximum Gasteiger partial charge on any atom is 0.176 e. The zero-order chi connectivity index (χ0) is 11.0. The highest BCUT2D eigenvalue weighted by molar-refractivity contribution is 5.88. The molecule has 0 amide bonds. The summed E-state index contributed by atoms with van der Waals surface area (Å²) in [5, 5.41) is 4.44. The lowest BCUT2D eigenvalue weighted by atomic mass is 10.1. The fraction of sp³-hybridized carbons (Fsp3) is 0. The summed E-state index contributed by atoms with van der Waals surface area (Å²) in [6.45, 7) is 0. The Labute approximate surface area is 91.7 Å². The Morgan fingerprint density at radius 3 is 2.75 bits per heavy atom. The van der Waals surface area contributed by atoms with E-state index in [1.807, 2.05) is 36.4 Å². The zero-order valence-corrected chi connectivity index (χ0v) is 8.42. The minimum atomic E-state index is 0.377. The second kappa shape index (κ2) is 3.34. The van der Waals surface area contributed by atoms with Crippen molar-refractivity contribution in [1.82, 2.24) is 10.1 Å². The lowest BCUT2D eigenvalue weighted by molar-refractivity contribution is 0.460. The first-order valence-corrected chi connectivity index (χ1v) is 4.91. The predicted octanol–water partition coefficient (Wildman–Crippen LogP) is 2.47. The number of nitrogens with two attached hydrogens (primary N) is 1. The van der Waals surface area contributed by atoms with Crippen LogP contribution < -0.4 is 5.73 Å². The number of nitrogens with zero attached hydrogens (tertiary/aromatic N) is 2. The maximum atomic E-state index is 5.62. The summed E-state index contributed by atoms with van der Waals surface area (Å²) in [7, 11) is 0. The highest BCUT2D eigenvalue weighted by atomic mass is 16.5. The molecule has 3 aromatic rings. The SMILES string of the molecule is Nc1noc2cc(-c3ccccc3)ncc12. The second-order valence-electron chi connectivity index (χ2n) is 3.50. The third-order valence-electron chi connectivity index (χ3n) is 2.45. The van der Waals surface area contributed by atoms with Crippen LogP contribution in [0.2, 0.25) is 0 Å². The summed E-state index contributed by atoms with van der Waals surface area (Å²) in [5.74, 6) is 0.377. The molecular weight excluding hydrogens is 202 g/mol. The quantitative estimate of drug-likeness (QED) is 0.671. The van der Waals surface area contributed by atoms with Crippen molar-refractivity contribution in [1.29, 1.82) is 0 Å². The van der Waals surface area contributed by atoms with Gasteiger partial charge in [0.05, 0.1) is 11.1 Å². The Morgan fingerprint density at radius 1 is 1.12 bits per heavy atom. The summed E-state index contributed by atoms with van der Waals surface area (Å²) in [6, 6.07) is 11.7. The number of fused-ring (bicyclic) bond motifs is 1. The van der Waals surface area contributed by atoms with Crippen LogP contribution in [-0.4, -0.2) is 10.1 Å². The Kier molecular flexibility index (Phi) is 1.86. The van der Waals surface area contributed by atoms with E-state index in [1.54, 1.807) is 6.20 Å². The highest BCUT2D eigenvalue weighted by Gasteiger charge is 2.07. The largest absolute Gasteiger partial charge is 0.380 e. The van der Waals surface area contributed by atoms with E-state index in [4.69, 9.17) is 10.3 Å². The van der Waals surface area contributed by atoms with Crippen LogP contribution in [0.3, 0.4) is 0 Å². The van der Waals surface area contributed by atoms with Gasteiger partial charge in [0.1, 0.15) is 0 Å². The molecule has 0 saturated heterocycles. The van der Waals surface area contributed by atoms with E-state index >= 15 is 0 Å². The van der Waals surface area contributed by atoms with Crippen molar-refractivity contribution in [3.05, 3.63) is 42.6 Å². The molecule has 1 aromatic carbocycles. The molecule has 0 bridgehead atoms. The van der Waals surface area contributed by atoms with Crippen LogP contribution >= 0.6 is 0 Å². The molecule has 0 unspecified atom stereocenters. The standard InChI is InChI=1S/C12H9N3O/c13-12-9-7-14-10(6-11(9)16-15-12)8-4-2-1-3-5-8/h1-7H,(H2,13,15). The zero-order valence-electron chi connectivity index (χ0n) is 8.42. The van der Waals surface area contributed by atoms with Gasteiger partial charge in [-0.1, -0.05) is 35.5 Å². The second-order valence-corrected chi connectivity index (χ2v) is 3.50. The van der Waals surface area contributed by atoms with E-state index < -0.39 is 0 Å². The van der Waals surface area contributed by atoms with Crippen LogP contribution in [0.15, 0.2) is 47.1 Å². The normalized spacial score (nSPS) is 10.8. The highest BCUT2D eigenvalue weighted by Crippen LogP contribution is 2.24. The molecule has 3 rings (SSSR count). The molecule has 0 radical (unpaired) electrons. The van der Waals surface area contributed by atoms with Gasteiger partial charge in [-0.3, -0.25) is 4.98 Å². The van der Waals surface area contributed by atoms with Gasteiger partial charge in [0.2, 0.25) is 0 Å². The average molecular weight is 211 g/mol. The van der Waals surface area contributed by atoms with Gasteiger partial charge in [-0.05, 0) is 0 Å². The van der Waals surface area contributed by atoms with E-state index in [0.29, 0.717) is 11.4 Å². The molecule has 16 heavy (non-hydrogen) atoms. The maximum absolute atomic E-state index is 5.62. The van der Waals surface area contributed by atoms with Crippen molar-refractivity contribution in [3.63, 3.8) is 0 Å². The number of hydrogen-bond donors (Lipinski definition) is 1. The molecule has 0 fully saturated rings. The van der Waals surface area contributed by atoms with Crippen LogP contribution in [0, 0.1) is 0 Å². The first-order chi connectivity index (χ1) is 7.84. The topological polar surface area (TPSA) is 64.9 Å². The minimum Gasteiger partial charge on any atom is -0.380 e. The first-order valence-electron chi connectivity index (χ1n) is 4.91. The molecule has 4 nitrogen and oxygen atoms in total. The summed E-state index contributed by atoms with van der Waals surface area (Å²) in [4.78, 5) is 4.33. The summed E-state index contributed by atoms with van der Waals surface area (Å²) < 4.78 is 5.10. The number of hydrogen-bond acceptors (Lipinski definition) is 4. The van der Waals surface area contributed by atoms with Crippen LogP contribution in [-0.2, 0) is 0 Å². The molecule has 2 heterocycles. The third kappa shape index (κ3) is 1.32. The van der Waals surface area contributed by atoms with Gasteiger partial charge < -0.3 is 10.3 Å². The molecule has 2 aromatic heterocycles. The number of rotatable bonds is 1. The number of anilines is 1. The lowest BCUT2D eigenvalue weighted by Gasteiger charge is -1.98. The monoisotopic (exact) mass is 211 g/mol. The Balaban J connectivity index is 2.19. The third-order valence-corrected chi connectivity index (χ3v) is 2.45. The molecule has 2 N–H and O–H groups in total. The number of pyridine rings is 1. The van der Waals surface area contributed by atoms with Gasteiger partial charge in [0.25, 0.3) is 0 Å². The van der Waals surface area contributed by atoms with Crippen molar-refractivity contribution in [2.45, 2.75) is 0 Å². The van der Waals surface area contributed by atoms with E-state index in [9.17, 15) is 0 Å². The van der Waals surface area contributed by atoms with Gasteiger partial charge in [-0.15, -0.1) is 0 Å². The predicted molar refractivity (Wildman–Crippen MR) is 61.7 cm³/mol. The van der Waals surface area contributed by atoms with Crippen LogP contribution in [0.25, 0.3) is 22.2 Å². The minimum absolute atomic E-state index is 0.377. The van der Waals surface area contributed by atoms with Crippen molar-refractivity contribution < 1.29 is 4.52 Å². The number of aromatic nitrogens is 2. The molecule has 0 aliphatic rings. The van der Waals surface area contributed by atoms with Gasteiger partial charge >= 0.3 is 0 Å². The van der Waals surface area contributed by atoms with Gasteiger partial charge in [0, 0.05) is 17.8 Å². The van der Waals surface area contributed by atoms with Crippen molar-refractivity contribution in [3.8, 4) is 11.3 Å². The average Bonchev–Trinajstić information content (AvgIpc) is 2.72. The van der Waals surface area contributed by atoms with Gasteiger partial charge in [-0.2, -0.15) is 0 Å². The van der Waals surface area contributed by atoms with Crippen molar-refractivity contribution >= 4 is 16.8 Å². The molecule has 0 aliphatic carbocycles. The molecule has 78 valence electrons. The molecule has 0 saturated carbocycles. The fourth-order valence-electron chi connectivity index (χ4n) is 1.62. The van der Waals surface area contributed by atoms with E-state index in [1.165, 1.54) is 0 Å². The van der Waals surface area contributed by atoms with Crippen LogP contribution in [0.1, 0.15) is 0 Å². The Morgan fingerprint density at radius 2 is 1.94 bits per heavy atom. The molecule has 0 aliphatic heterocycles. The number of benzene rings is 1. The Bertz CT molecular complexity index is 631. The van der Waals surface area contributed by atoms with E-state index in [0.717, 1.165) is 16.6 Å². The van der Waals surface area contributed by atoms with Crippen molar-refractivity contribution in [2.75, 3.05) is 5.73 Å². The molecule has 4 heteroatoms.